The first-order valence-electron chi connectivity index (χ1n) is 11.8. The summed E-state index contributed by atoms with van der Waals surface area (Å²) in [5.41, 5.74) is 10.6. The summed E-state index contributed by atoms with van der Waals surface area (Å²) in [6.07, 6.45) is 14.4. The molecule has 2 atom stereocenters. The smallest absolute Gasteiger partial charge is 0.130 e. The molecule has 2 unspecified atom stereocenters. The van der Waals surface area contributed by atoms with Crippen LogP contribution in [-0.4, -0.2) is 35.9 Å². The lowest BCUT2D eigenvalue weighted by Gasteiger charge is -2.17. The molecule has 4 rings (SSSR count). The van der Waals surface area contributed by atoms with Gasteiger partial charge in [-0.3, -0.25) is 0 Å². The highest BCUT2D eigenvalue weighted by Crippen LogP contribution is 2.30. The van der Waals surface area contributed by atoms with Gasteiger partial charge < -0.3 is 16.0 Å². The number of pyridine rings is 1. The summed E-state index contributed by atoms with van der Waals surface area (Å²) in [5, 5.41) is 3.48. The number of nitrogen functional groups attached to an aromatic ring is 1. The average molecular weight is 430 g/mol. The van der Waals surface area contributed by atoms with Crippen molar-refractivity contribution in [3.05, 3.63) is 77.6 Å². The van der Waals surface area contributed by atoms with Crippen LogP contribution in [0, 0.1) is 0 Å². The predicted molar refractivity (Wildman–Crippen MR) is 135 cm³/mol. The zero-order valence-electron chi connectivity index (χ0n) is 19.3. The maximum atomic E-state index is 5.74. The van der Waals surface area contributed by atoms with Crippen LogP contribution in [0.25, 0.3) is 0 Å². The zero-order valence-corrected chi connectivity index (χ0v) is 19.3. The Morgan fingerprint density at radius 1 is 0.969 bits per heavy atom. The van der Waals surface area contributed by atoms with Crippen molar-refractivity contribution in [2.75, 3.05) is 31.2 Å². The largest absolute Gasteiger partial charge is 0.384 e. The molecule has 32 heavy (non-hydrogen) atoms. The van der Waals surface area contributed by atoms with E-state index in [-0.39, 0.29) is 5.92 Å². The molecule has 0 amide bonds. The Hall–Kier alpha value is -2.92. The third-order valence-corrected chi connectivity index (χ3v) is 6.60. The monoisotopic (exact) mass is 429 g/mol. The van der Waals surface area contributed by atoms with Gasteiger partial charge in [0, 0.05) is 24.0 Å². The highest BCUT2D eigenvalue weighted by molar-refractivity contribution is 6.04. The summed E-state index contributed by atoms with van der Waals surface area (Å²) in [6, 6.07) is 12.8. The summed E-state index contributed by atoms with van der Waals surface area (Å²) < 4.78 is 0. The van der Waals surface area contributed by atoms with Crippen LogP contribution in [0.15, 0.2) is 71.5 Å². The standard InChI is InChI=1S/C27H35N5/c1-20-18-27(29-15-14-25(20)23-10-13-26(28)30-19-23)31-24-11-8-22(9-12-24)21-6-3-4-16-32(2)17-5-7-21/h8-15,18-19,21,25H,3-7,16-17H2,1-2H3,(H2,28,30)(H,29,31). The maximum absolute atomic E-state index is 5.74. The Labute approximate surface area is 192 Å². The fourth-order valence-electron chi connectivity index (χ4n) is 4.70. The van der Waals surface area contributed by atoms with Crippen molar-refractivity contribution in [3.63, 3.8) is 0 Å². The number of hydrogen-bond donors (Lipinski definition) is 2. The first-order valence-corrected chi connectivity index (χ1v) is 11.8. The lowest BCUT2D eigenvalue weighted by Crippen LogP contribution is -2.20. The molecule has 168 valence electrons. The minimum Gasteiger partial charge on any atom is -0.384 e. The maximum Gasteiger partial charge on any atom is 0.130 e. The molecular weight excluding hydrogens is 394 g/mol. The number of nitrogens with two attached hydrogens (primary N) is 1. The molecule has 3 heterocycles. The fraction of sp³-hybridized carbons (Fsp3) is 0.407. The van der Waals surface area contributed by atoms with Gasteiger partial charge in [0.05, 0.1) is 0 Å². The first kappa shape index (κ1) is 22.3. The van der Waals surface area contributed by atoms with Gasteiger partial charge in [-0.25, -0.2) is 9.98 Å². The van der Waals surface area contributed by atoms with Crippen molar-refractivity contribution < 1.29 is 0 Å². The van der Waals surface area contributed by atoms with Gasteiger partial charge in [-0.2, -0.15) is 0 Å². The van der Waals surface area contributed by atoms with E-state index in [9.17, 15) is 0 Å². The number of allylic oxidation sites excluding steroid dienone is 2. The molecule has 2 aliphatic heterocycles. The van der Waals surface area contributed by atoms with E-state index in [1.54, 1.807) is 0 Å². The summed E-state index contributed by atoms with van der Waals surface area (Å²) in [7, 11) is 2.25. The van der Waals surface area contributed by atoms with Crippen LogP contribution in [0.1, 0.15) is 62.0 Å². The summed E-state index contributed by atoms with van der Waals surface area (Å²) in [6.45, 7) is 4.57. The molecule has 2 aliphatic rings. The lowest BCUT2D eigenvalue weighted by atomic mass is 9.89. The summed E-state index contributed by atoms with van der Waals surface area (Å²) in [5.74, 6) is 2.21. The zero-order chi connectivity index (χ0) is 22.3. The normalized spacial score (nSPS) is 22.7. The Morgan fingerprint density at radius 2 is 1.72 bits per heavy atom. The number of aliphatic imine (C=N–C) groups is 1. The van der Waals surface area contributed by atoms with Gasteiger partial charge in [-0.15, -0.1) is 0 Å². The number of anilines is 2. The Balaban J connectivity index is 1.41. The van der Waals surface area contributed by atoms with Gasteiger partial charge in [0.15, 0.2) is 0 Å². The van der Waals surface area contributed by atoms with Crippen LogP contribution in [-0.2, 0) is 0 Å². The molecule has 2 aromatic rings. The molecule has 0 bridgehead atoms. The third-order valence-electron chi connectivity index (χ3n) is 6.60. The minimum absolute atomic E-state index is 0.149. The van der Waals surface area contributed by atoms with E-state index in [0.717, 1.165) is 17.1 Å². The number of hydrogen-bond acceptors (Lipinski definition) is 5. The number of aromatic nitrogens is 1. The predicted octanol–water partition coefficient (Wildman–Crippen LogP) is 5.71. The molecule has 5 heteroatoms. The van der Waals surface area contributed by atoms with E-state index in [1.165, 1.54) is 56.3 Å². The Kier molecular flexibility index (Phi) is 7.38. The van der Waals surface area contributed by atoms with Crippen LogP contribution < -0.4 is 11.1 Å². The number of amidine groups is 1. The highest BCUT2D eigenvalue weighted by atomic mass is 15.1. The number of nitrogens with zero attached hydrogens (tertiary/aromatic N) is 3. The van der Waals surface area contributed by atoms with Crippen LogP contribution >= 0.6 is 0 Å². The van der Waals surface area contributed by atoms with E-state index in [1.807, 2.05) is 24.5 Å². The Bertz CT molecular complexity index is 972. The number of nitrogens with one attached hydrogen (secondary N) is 1. The molecule has 1 saturated heterocycles. The average Bonchev–Trinajstić information content (AvgIpc) is 2.89. The second kappa shape index (κ2) is 10.6. The second-order valence-electron chi connectivity index (χ2n) is 9.12. The molecule has 5 nitrogen and oxygen atoms in total. The molecule has 1 aromatic heterocycles. The molecule has 0 saturated carbocycles. The van der Waals surface area contributed by atoms with E-state index < -0.39 is 0 Å². The van der Waals surface area contributed by atoms with Crippen molar-refractivity contribution in [2.24, 2.45) is 4.99 Å². The fourth-order valence-corrected chi connectivity index (χ4v) is 4.70. The van der Waals surface area contributed by atoms with Crippen LogP contribution in [0.4, 0.5) is 11.5 Å². The van der Waals surface area contributed by atoms with Crippen molar-refractivity contribution in [2.45, 2.75) is 50.9 Å². The van der Waals surface area contributed by atoms with Crippen molar-refractivity contribution in [1.82, 2.24) is 9.88 Å². The van der Waals surface area contributed by atoms with Gasteiger partial charge in [0.1, 0.15) is 11.7 Å². The van der Waals surface area contributed by atoms with Gasteiger partial charge in [0.2, 0.25) is 0 Å². The van der Waals surface area contributed by atoms with Gasteiger partial charge in [-0.05, 0) is 94.1 Å². The lowest BCUT2D eigenvalue weighted by molar-refractivity contribution is 0.326. The Morgan fingerprint density at radius 3 is 2.50 bits per heavy atom. The molecule has 1 fully saturated rings. The van der Waals surface area contributed by atoms with Crippen LogP contribution in [0.3, 0.4) is 0 Å². The highest BCUT2D eigenvalue weighted by Gasteiger charge is 2.16. The molecular formula is C27H35N5. The molecule has 1 aromatic carbocycles. The molecule has 0 radical (unpaired) electrons. The second-order valence-corrected chi connectivity index (χ2v) is 9.12. The van der Waals surface area contributed by atoms with E-state index in [4.69, 9.17) is 5.73 Å². The SMILES string of the molecule is CC1=CC(Nc2ccc(C3CCCCN(C)CCC3)cc2)=NC=CC1c1ccc(N)nc1. The molecule has 0 spiro atoms. The summed E-state index contributed by atoms with van der Waals surface area (Å²) >= 11 is 0. The van der Waals surface area contributed by atoms with Crippen molar-refractivity contribution in [3.8, 4) is 0 Å². The minimum atomic E-state index is 0.149. The third kappa shape index (κ3) is 5.86. The van der Waals surface area contributed by atoms with E-state index >= 15 is 0 Å². The molecule has 0 aliphatic carbocycles. The molecule has 3 N–H and O–H groups in total. The topological polar surface area (TPSA) is 66.5 Å². The van der Waals surface area contributed by atoms with Crippen molar-refractivity contribution >= 4 is 17.3 Å². The van der Waals surface area contributed by atoms with Crippen molar-refractivity contribution in [1.29, 1.82) is 0 Å². The van der Waals surface area contributed by atoms with E-state index in [2.05, 4.69) is 70.6 Å². The van der Waals surface area contributed by atoms with Crippen LogP contribution in [0.5, 0.6) is 0 Å². The van der Waals surface area contributed by atoms with Crippen LogP contribution in [0.2, 0.25) is 0 Å². The summed E-state index contributed by atoms with van der Waals surface area (Å²) in [4.78, 5) is 11.3. The van der Waals surface area contributed by atoms with Gasteiger partial charge in [-0.1, -0.05) is 36.3 Å². The number of rotatable bonds is 3. The first-order chi connectivity index (χ1) is 15.6. The quantitative estimate of drug-likeness (QED) is 0.656. The van der Waals surface area contributed by atoms with Gasteiger partial charge >= 0.3 is 0 Å². The van der Waals surface area contributed by atoms with E-state index in [0.29, 0.717) is 11.7 Å². The van der Waals surface area contributed by atoms with Gasteiger partial charge in [0.25, 0.3) is 0 Å². The number of benzene rings is 1.